The second-order valence-corrected chi connectivity index (χ2v) is 30.6. The molecule has 0 saturated carbocycles. The second-order valence-electron chi connectivity index (χ2n) is 30.6. The van der Waals surface area contributed by atoms with E-state index in [9.17, 15) is 122 Å². The molecule has 5 aliphatic rings. The van der Waals surface area contributed by atoms with Crippen molar-refractivity contribution in [2.75, 3.05) is 90.6 Å². The number of non-ortho nitro benzene ring substituents is 3. The molecule has 4 N–H and O–H groups in total. The zero-order valence-electron chi connectivity index (χ0n) is 76.0. The Morgan fingerprint density at radius 1 is 0.458 bits per heavy atom. The Kier molecular flexibility index (Phi) is 34.8. The normalized spacial score (nSPS) is 13.3. The Hall–Kier alpha value is -17.9. The van der Waals surface area contributed by atoms with Crippen LogP contribution in [0, 0.1) is 42.0 Å². The first-order chi connectivity index (χ1) is 66.5. The zero-order valence-corrected chi connectivity index (χ0v) is 76.0. The van der Waals surface area contributed by atoms with Gasteiger partial charge in [0.2, 0.25) is 34.0 Å². The van der Waals surface area contributed by atoms with E-state index >= 15 is 4.39 Å². The molecule has 2 aliphatic heterocycles. The minimum atomic E-state index is -1.40. The third kappa shape index (κ3) is 22.5. The highest BCUT2D eigenvalue weighted by molar-refractivity contribution is 6.29. The first-order valence-corrected chi connectivity index (χ1v) is 41.7. The molecule has 5 aromatic carbocycles. The number of nitrogens with zero attached hydrogens (tertiary/aromatic N) is 11. The van der Waals surface area contributed by atoms with Crippen LogP contribution in [-0.2, 0) is 82.5 Å². The maximum absolute atomic E-state index is 15.2. The summed E-state index contributed by atoms with van der Waals surface area (Å²) in [4.78, 5) is 231. The van der Waals surface area contributed by atoms with Gasteiger partial charge in [-0.2, -0.15) is 0 Å². The number of esters is 3. The number of ether oxygens (including phenoxy) is 9. The number of methoxy groups -OCH3 is 4. The number of hydrogen-bond donors (Lipinski definition) is 4. The third-order valence-corrected chi connectivity index (χ3v) is 22.5. The minimum absolute atomic E-state index is 0. The maximum Gasteiger partial charge on any atom is 0.519 e. The highest BCUT2D eigenvalue weighted by atomic mass is 19.1. The number of pyridine rings is 2. The highest BCUT2D eigenvalue weighted by Gasteiger charge is 2.42. The van der Waals surface area contributed by atoms with Gasteiger partial charge in [0.25, 0.3) is 17.1 Å². The molecule has 46 nitrogen and oxygen atoms in total. The van der Waals surface area contributed by atoms with E-state index in [2.05, 4.69) is 10.1 Å². The maximum atomic E-state index is 15.2. The van der Waals surface area contributed by atoms with Crippen LogP contribution in [0.25, 0.3) is 21.8 Å². The molecule has 7 heterocycles. The number of nitrogens with one attached hydrogen (secondary N) is 1. The fourth-order valence-corrected chi connectivity index (χ4v) is 15.5. The number of carboxylic acid groups (broad SMARTS) is 2. The number of carboxylic acids is 2. The van der Waals surface area contributed by atoms with E-state index in [1.54, 1.807) is 27.0 Å². The van der Waals surface area contributed by atoms with Gasteiger partial charge in [-0.05, 0) is 101 Å². The van der Waals surface area contributed by atoms with Crippen LogP contribution in [0.5, 0.6) is 17.2 Å². The first-order valence-electron chi connectivity index (χ1n) is 41.7. The number of aliphatic hydroxyl groups is 1. The molecule has 5 aromatic heterocycles. The van der Waals surface area contributed by atoms with Crippen molar-refractivity contribution in [1.29, 1.82) is 0 Å². The Balaban J connectivity index is 0.000000205. The average Bonchev–Trinajstić information content (AvgIpc) is 1.60. The van der Waals surface area contributed by atoms with E-state index in [0.29, 0.717) is 42.9 Å². The number of aromatic carboxylic acids is 2. The van der Waals surface area contributed by atoms with Gasteiger partial charge in [-0.1, -0.05) is 14.9 Å². The van der Waals surface area contributed by atoms with Gasteiger partial charge in [-0.25, -0.2) is 47.1 Å². The molecule has 0 unspecified atom stereocenters. The van der Waals surface area contributed by atoms with Gasteiger partial charge in [0, 0.05) is 163 Å². The number of halogens is 2. The topological polar surface area (TPSA) is 593 Å². The summed E-state index contributed by atoms with van der Waals surface area (Å²) >= 11 is 0. The number of amides is 1. The van der Waals surface area contributed by atoms with E-state index < -0.39 is 140 Å². The quantitative estimate of drug-likeness (QED) is 0.0171. The van der Waals surface area contributed by atoms with Crippen molar-refractivity contribution in [2.24, 2.45) is 21.1 Å². The van der Waals surface area contributed by atoms with Crippen molar-refractivity contribution < 1.29 is 149 Å². The SMILES string of the molecule is C.C.CCn1cc(C(=O)O)c(=O)c2cc(F)c(N3CCN(C(=O)OCc4c(C(=O)OC)c5c(n4C)C(=O)C=C(OC)C5=O)CC3)cc21.CCn1cc(C(=O)O)c(=O)c2cc(F)c(N3CCNCC3)cc21.COC(=O)c1c2c(n(C)c1CO)C(=O)C=C(C)C2=O.COC(=O)c1c2c(n(C)c1COC(=O)Oc1ccc([N+](=O)[O-])cc1)C(=O)C=C(C)C2=O.O=C(Oc1ccc([N+](=O)[O-])cc1)Oc1ccc([N+](=O)[O-])cc1. The molecule has 0 atom stereocenters. The number of aliphatic hydroxyl groups excluding tert-OH is 1. The van der Waals surface area contributed by atoms with Crippen LogP contribution in [0.3, 0.4) is 0 Å². The lowest BCUT2D eigenvalue weighted by molar-refractivity contribution is -0.385. The number of carbonyl (C=O) groups excluding carboxylic acids is 12. The number of hydrogen-bond acceptors (Lipinski definition) is 35. The summed E-state index contributed by atoms with van der Waals surface area (Å²) in [6.45, 7) is 9.61. The van der Waals surface area contributed by atoms with Gasteiger partial charge >= 0.3 is 48.3 Å². The predicted octanol–water partition coefficient (Wildman–Crippen LogP) is 11.4. The molecule has 2 fully saturated rings. The van der Waals surface area contributed by atoms with Crippen molar-refractivity contribution in [2.45, 2.75) is 75.5 Å². The van der Waals surface area contributed by atoms with Gasteiger partial charge in [0.1, 0.15) is 70.3 Å². The van der Waals surface area contributed by atoms with Gasteiger partial charge in [0.15, 0.2) is 17.3 Å². The fourth-order valence-electron chi connectivity index (χ4n) is 15.5. The third-order valence-electron chi connectivity index (χ3n) is 22.5. The average molecular weight is 1970 g/mol. The van der Waals surface area contributed by atoms with Crippen molar-refractivity contribution in [3.63, 3.8) is 0 Å². The summed E-state index contributed by atoms with van der Waals surface area (Å²) in [6, 6.07) is 19.7. The van der Waals surface area contributed by atoms with Crippen LogP contribution in [-0.4, -0.2) is 222 Å². The van der Waals surface area contributed by atoms with E-state index in [0.717, 1.165) is 57.7 Å². The summed E-state index contributed by atoms with van der Waals surface area (Å²) < 4.78 is 81.3. The largest absolute Gasteiger partial charge is 0.519 e. The molecule has 1 amide bonds. The van der Waals surface area contributed by atoms with Crippen molar-refractivity contribution in [3.8, 4) is 17.2 Å². The number of Topliss-reactive ketones (excluding diaryl/α,β-unsaturated/α-hetero) is 3. The molecular formula is C94H92F2N12O34. The van der Waals surface area contributed by atoms with E-state index in [4.69, 9.17) is 43.0 Å². The summed E-state index contributed by atoms with van der Waals surface area (Å²) in [6.07, 6.45) is 3.01. The molecule has 10 aromatic rings. The molecule has 0 spiro atoms. The Bertz CT molecular complexity index is 7020. The fraction of sp³-hybridized carbons (Fsp3) is 0.277. The zero-order chi connectivity index (χ0) is 103. The summed E-state index contributed by atoms with van der Waals surface area (Å²) in [7, 11) is 9.07. The minimum Gasteiger partial charge on any atom is -0.492 e. The van der Waals surface area contributed by atoms with Gasteiger partial charge in [0.05, 0.1) is 123 Å². The molecule has 142 heavy (non-hydrogen) atoms. The Morgan fingerprint density at radius 3 is 1.14 bits per heavy atom. The van der Waals surface area contributed by atoms with Crippen LogP contribution >= 0.6 is 0 Å². The summed E-state index contributed by atoms with van der Waals surface area (Å²) in [5, 5.41) is 62.8. The van der Waals surface area contributed by atoms with Crippen molar-refractivity contribution in [1.82, 2.24) is 33.1 Å². The molecule has 2 saturated heterocycles. The van der Waals surface area contributed by atoms with Gasteiger partial charge < -0.3 is 101 Å². The lowest BCUT2D eigenvalue weighted by atomic mass is 9.92. The van der Waals surface area contributed by atoms with E-state index in [1.807, 2.05) is 11.8 Å². The van der Waals surface area contributed by atoms with Crippen molar-refractivity contribution in [3.05, 3.63) is 286 Å². The van der Waals surface area contributed by atoms with Crippen LogP contribution in [0.1, 0.15) is 174 Å². The van der Waals surface area contributed by atoms with E-state index in [1.165, 1.54) is 159 Å². The predicted molar refractivity (Wildman–Crippen MR) is 496 cm³/mol. The van der Waals surface area contributed by atoms with E-state index in [-0.39, 0.29) is 188 Å². The number of anilines is 2. The van der Waals surface area contributed by atoms with Gasteiger partial charge in [-0.15, -0.1) is 0 Å². The van der Waals surface area contributed by atoms with Crippen LogP contribution in [0.2, 0.25) is 0 Å². The number of rotatable bonds is 21. The number of carbonyl (C=O) groups is 14. The highest BCUT2D eigenvalue weighted by Crippen LogP contribution is 2.37. The number of benzene rings is 5. The number of aromatic nitrogens is 5. The molecule has 48 heteroatoms. The number of fused-ring (bicyclic) bond motifs is 5. The Morgan fingerprint density at radius 2 is 0.796 bits per heavy atom. The standard InChI is InChI=1S/C30H29FN4O10.C20H16N2O9.C16H18FN3O3.C13H8N2O7.C13H13NO5.2CH4/c1-5-33-13-16(28(39)40)26(37)15-10-17(31)19(11-18(15)33)34-6-8-35(9-7-34)30(42)45-14-20-23(29(41)44-4)24-25(32(20)2)21(36)12-22(43-3)27(24)38;1-10-8-14(23)17-16(18(10)24)15(19(25)29-3)13(21(17)2)9-30-20(26)31-12-6-4-11(5-7-12)22(27)28;1-2-19-9-11(16(22)23)15(21)10-7-12(17)14(8-13(10)19)20-5-3-18-4-6-20;16-13(21-11-5-1-9(2-6-11)14(17)18)22-12-7-3-10(4-8-12)15(19)20;1-6-4-8(16)11-10(12(6)17)9(13(18)19-3)7(5-15)14(11)2;;/h10-13H,5-9,14H2,1-4H3,(H,39,40);4-8H,9H2,1-3H3;7-9,18H,2-6H2,1H3,(H,22,23);1-8H;4,15H,5H2,1-3H3;2*1H4. The number of nitro groups is 3. The van der Waals surface area contributed by atoms with Crippen LogP contribution in [0.15, 0.2) is 154 Å². The molecule has 3 aliphatic carbocycles. The molecule has 0 bridgehead atoms. The molecule has 15 rings (SSSR count). The number of allylic oxidation sites excluding steroid dienone is 6. The summed E-state index contributed by atoms with van der Waals surface area (Å²) in [5.74, 6) is -9.50. The number of aryl methyl sites for hydroxylation is 2. The monoisotopic (exact) mass is 1970 g/mol. The molecule has 0 radical (unpaired) electrons. The van der Waals surface area contributed by atoms with Crippen LogP contribution < -0.4 is 40.2 Å². The number of ketones is 6. The lowest BCUT2D eigenvalue weighted by Gasteiger charge is -2.35. The lowest BCUT2D eigenvalue weighted by Crippen LogP contribution is -2.49. The van der Waals surface area contributed by atoms with Crippen molar-refractivity contribution >= 4 is 133 Å². The molecular weight excluding hydrogens is 1880 g/mol. The van der Waals surface area contributed by atoms with Crippen LogP contribution in [0.4, 0.5) is 51.6 Å². The summed E-state index contributed by atoms with van der Waals surface area (Å²) in [5.41, 5.74) is -1.01. The molecule has 746 valence electrons. The number of nitro benzene ring substituents is 3. The number of piperazine rings is 2. The second kappa shape index (κ2) is 45.9. The Labute approximate surface area is 801 Å². The smallest absolute Gasteiger partial charge is 0.492 e. The van der Waals surface area contributed by atoms with Gasteiger partial charge in [-0.3, -0.25) is 68.7 Å². The first kappa shape index (κ1) is 108.